The average molecular weight is 708 g/mol. The van der Waals surface area contributed by atoms with Crippen LogP contribution in [-0.4, -0.2) is 85.1 Å². The number of carbonyl (C=O) groups excluding carboxylic acids is 3. The van der Waals surface area contributed by atoms with Crippen LogP contribution in [0, 0.1) is 5.82 Å². The Bertz CT molecular complexity index is 1970. The number of nitrogens with zero attached hydrogens (tertiary/aromatic N) is 5. The van der Waals surface area contributed by atoms with Crippen LogP contribution in [0.3, 0.4) is 0 Å². The Labute approximate surface area is 297 Å². The van der Waals surface area contributed by atoms with Gasteiger partial charge in [-0.3, -0.25) is 14.5 Å². The molecule has 0 spiro atoms. The summed E-state index contributed by atoms with van der Waals surface area (Å²) in [4.78, 5) is 62.1. The number of aromatic nitrogens is 2. The fourth-order valence-electron chi connectivity index (χ4n) is 5.96. The predicted molar refractivity (Wildman–Crippen MR) is 195 cm³/mol. The van der Waals surface area contributed by atoms with Gasteiger partial charge in [0.15, 0.2) is 5.82 Å². The van der Waals surface area contributed by atoms with Gasteiger partial charge < -0.3 is 34.8 Å². The molecule has 51 heavy (non-hydrogen) atoms. The van der Waals surface area contributed by atoms with E-state index in [1.54, 1.807) is 80.1 Å². The number of anilines is 2. The minimum Gasteiger partial charge on any atom is -0.497 e. The highest BCUT2D eigenvalue weighted by atomic mass is 19.1. The molecular weight excluding hydrogens is 661 g/mol. The normalized spacial score (nSPS) is 13.7. The number of nitrogens with one attached hydrogen (secondary N) is 2. The number of piperazine rings is 1. The van der Waals surface area contributed by atoms with E-state index in [1.807, 2.05) is 0 Å². The molecule has 2 heterocycles. The van der Waals surface area contributed by atoms with Crippen molar-refractivity contribution in [2.45, 2.75) is 39.3 Å². The van der Waals surface area contributed by atoms with Crippen LogP contribution >= 0.6 is 0 Å². The van der Waals surface area contributed by atoms with Crippen molar-refractivity contribution in [2.75, 3.05) is 62.2 Å². The number of benzene rings is 3. The molecule has 274 valence electrons. The lowest BCUT2D eigenvalue weighted by Crippen LogP contribution is -2.62. The fraction of sp³-hybridized carbons (Fsp3) is 0.361. The molecule has 3 aromatic carbocycles. The molecule has 1 atom stereocenters. The van der Waals surface area contributed by atoms with Crippen molar-refractivity contribution in [1.29, 1.82) is 0 Å². The number of hydrogen-bond donors (Lipinski definition) is 2. The third kappa shape index (κ3) is 7.82. The Kier molecular flexibility index (Phi) is 11.0. The number of para-hydroxylation sites is 1. The summed E-state index contributed by atoms with van der Waals surface area (Å²) in [6, 6.07) is 15.8. The maximum Gasteiger partial charge on any atom is 0.407 e. The zero-order valence-corrected chi connectivity index (χ0v) is 29.4. The van der Waals surface area contributed by atoms with Crippen LogP contribution < -0.4 is 35.6 Å². The molecule has 1 aromatic heterocycles. The molecule has 5 rings (SSSR count). The van der Waals surface area contributed by atoms with E-state index in [0.717, 1.165) is 0 Å². The first-order chi connectivity index (χ1) is 24.4. The van der Waals surface area contributed by atoms with Crippen LogP contribution in [0.2, 0.25) is 0 Å². The summed E-state index contributed by atoms with van der Waals surface area (Å²) in [5.41, 5.74) is -0.457. The van der Waals surface area contributed by atoms with Crippen molar-refractivity contribution >= 4 is 40.3 Å². The quantitative estimate of drug-likeness (QED) is 0.228. The summed E-state index contributed by atoms with van der Waals surface area (Å²) < 4.78 is 31.2. The lowest BCUT2D eigenvalue weighted by molar-refractivity contribution is -0.137. The molecule has 0 saturated carbocycles. The Morgan fingerprint density at radius 1 is 1.00 bits per heavy atom. The maximum atomic E-state index is 14.3. The maximum absolute atomic E-state index is 14.3. The first-order valence-electron chi connectivity index (χ1n) is 16.5. The highest BCUT2D eigenvalue weighted by Gasteiger charge is 2.37. The van der Waals surface area contributed by atoms with Gasteiger partial charge in [0.1, 0.15) is 22.9 Å². The molecule has 1 aliphatic heterocycles. The van der Waals surface area contributed by atoms with Crippen molar-refractivity contribution in [1.82, 2.24) is 19.9 Å². The summed E-state index contributed by atoms with van der Waals surface area (Å²) in [6.07, 6.45) is -0.691. The van der Waals surface area contributed by atoms with Crippen molar-refractivity contribution < 1.29 is 35.8 Å². The van der Waals surface area contributed by atoms with Crippen LogP contribution in [0.25, 0.3) is 10.9 Å². The van der Waals surface area contributed by atoms with Gasteiger partial charge in [-0.2, -0.15) is 0 Å². The van der Waals surface area contributed by atoms with E-state index in [2.05, 4.69) is 10.6 Å². The second-order valence-corrected chi connectivity index (χ2v) is 12.3. The van der Waals surface area contributed by atoms with Crippen LogP contribution in [0.5, 0.6) is 11.5 Å². The molecule has 14 nitrogen and oxygen atoms in total. The molecule has 0 radical (unpaired) electrons. The number of fused-ring (bicyclic) bond motifs is 1. The van der Waals surface area contributed by atoms with Gasteiger partial charge in [-0.1, -0.05) is 12.1 Å². The molecule has 4 amide bonds. The Balaban J connectivity index is 0.00000378. The summed E-state index contributed by atoms with van der Waals surface area (Å²) >= 11 is 0. The van der Waals surface area contributed by atoms with Gasteiger partial charge in [-0.05, 0) is 76.2 Å². The number of carbonyl (C=O) groups is 3. The topological polar surface area (TPSA) is 148 Å². The molecule has 1 saturated heterocycles. The van der Waals surface area contributed by atoms with Crippen LogP contribution in [-0.2, 0) is 9.53 Å². The Morgan fingerprint density at radius 3 is 2.33 bits per heavy atom. The number of urea groups is 1. The number of methoxy groups -OCH3 is 2. The van der Waals surface area contributed by atoms with Crippen LogP contribution in [0.4, 0.5) is 25.4 Å². The second kappa shape index (κ2) is 15.4. The summed E-state index contributed by atoms with van der Waals surface area (Å²) in [7, 11) is 2.98. The van der Waals surface area contributed by atoms with E-state index >= 15 is 0 Å². The monoisotopic (exact) mass is 707 g/mol. The van der Waals surface area contributed by atoms with E-state index in [1.165, 1.54) is 48.1 Å². The lowest BCUT2D eigenvalue weighted by atomic mass is 10.0. The van der Waals surface area contributed by atoms with Crippen LogP contribution in [0.1, 0.15) is 42.4 Å². The smallest absolute Gasteiger partial charge is 0.407 e. The third-order valence-electron chi connectivity index (χ3n) is 8.55. The van der Waals surface area contributed by atoms with Crippen molar-refractivity contribution in [3.05, 3.63) is 88.7 Å². The van der Waals surface area contributed by atoms with Gasteiger partial charge in [0.2, 0.25) is 5.91 Å². The zero-order valence-electron chi connectivity index (χ0n) is 29.4. The highest BCUT2D eigenvalue weighted by molar-refractivity contribution is 6.03. The highest BCUT2D eigenvalue weighted by Crippen LogP contribution is 2.37. The van der Waals surface area contributed by atoms with E-state index in [-0.39, 0.29) is 52.9 Å². The molecule has 4 aromatic rings. The van der Waals surface area contributed by atoms with E-state index in [0.29, 0.717) is 33.8 Å². The van der Waals surface area contributed by atoms with Gasteiger partial charge in [-0.25, -0.2) is 23.6 Å². The molecule has 0 bridgehead atoms. The fourth-order valence-corrected chi connectivity index (χ4v) is 5.96. The van der Waals surface area contributed by atoms with Gasteiger partial charge >= 0.3 is 12.1 Å². The van der Waals surface area contributed by atoms with Gasteiger partial charge in [0, 0.05) is 27.7 Å². The predicted octanol–water partition coefficient (Wildman–Crippen LogP) is 5.15. The first-order valence-corrected chi connectivity index (χ1v) is 16.5. The molecule has 1 fully saturated rings. The van der Waals surface area contributed by atoms with Gasteiger partial charge in [0.05, 0.1) is 56.5 Å². The molecule has 15 heteroatoms. The lowest BCUT2D eigenvalue weighted by Gasteiger charge is -2.41. The average Bonchev–Trinajstić information content (AvgIpc) is 3.12. The molecular formula is C36H46FN7O7. The van der Waals surface area contributed by atoms with Crippen molar-refractivity contribution in [3.8, 4) is 11.5 Å². The summed E-state index contributed by atoms with van der Waals surface area (Å²) in [5, 5.41) is 7.61. The standard InChI is InChI=1S/C36H42FN7O7.2H2/c1-7-51-35(48)40-36(3,4)33(46)41-18-20-42(21-19-41)44-31(39-28-11-9-8-10-27(28)32(44)45)23(2)43(29-17-16-26(49-5)22-30(29)50-6)34(47)38-25-14-12-24(37)13-15-25;;/h8-17,22-23H,7,18-21H2,1-6H3,(H,38,47)(H,40,48);2*1H. The summed E-state index contributed by atoms with van der Waals surface area (Å²) in [5.74, 6) is 0.297. The molecule has 1 aliphatic rings. The number of ether oxygens (including phenoxy) is 3. The third-order valence-corrected chi connectivity index (χ3v) is 8.55. The van der Waals surface area contributed by atoms with Crippen molar-refractivity contribution in [2.24, 2.45) is 0 Å². The largest absolute Gasteiger partial charge is 0.497 e. The number of hydrogen-bond acceptors (Lipinski definition) is 9. The molecule has 0 aliphatic carbocycles. The SMILES string of the molecule is CCOC(=O)NC(C)(C)C(=O)N1CCN(n2c(C(C)N(C(=O)Nc3ccc(F)cc3)c3ccc(OC)cc3OC)nc3ccccc3c2=O)CC1.[HH].[HH]. The van der Waals surface area contributed by atoms with Gasteiger partial charge in [-0.15, -0.1) is 0 Å². The van der Waals surface area contributed by atoms with E-state index < -0.39 is 29.5 Å². The Morgan fingerprint density at radius 2 is 1.69 bits per heavy atom. The minimum absolute atomic E-state index is 0. The number of alkyl carbamates (subject to hydrolysis) is 1. The molecule has 2 N–H and O–H groups in total. The van der Waals surface area contributed by atoms with E-state index in [9.17, 15) is 23.6 Å². The van der Waals surface area contributed by atoms with E-state index in [4.69, 9.17) is 19.2 Å². The Hall–Kier alpha value is -5.86. The number of halogens is 1. The van der Waals surface area contributed by atoms with Gasteiger partial charge in [0.25, 0.3) is 5.56 Å². The second-order valence-electron chi connectivity index (χ2n) is 12.3. The van der Waals surface area contributed by atoms with Crippen LogP contribution in [0.15, 0.2) is 71.5 Å². The van der Waals surface area contributed by atoms with Crippen molar-refractivity contribution in [3.63, 3.8) is 0 Å². The minimum atomic E-state index is -1.23. The number of rotatable bonds is 10. The number of amides is 4. The first kappa shape index (κ1) is 36.4. The molecule has 1 unspecified atom stereocenters. The zero-order chi connectivity index (χ0) is 36.9. The summed E-state index contributed by atoms with van der Waals surface area (Å²) in [6.45, 7) is 7.76.